The van der Waals surface area contributed by atoms with Crippen LogP contribution in [-0.4, -0.2) is 16.2 Å². The fourth-order valence-electron chi connectivity index (χ4n) is 1.20. The maximum Gasteiger partial charge on any atom is 0.410 e. The van der Waals surface area contributed by atoms with Crippen molar-refractivity contribution in [1.82, 2.24) is 4.98 Å². The maximum absolute atomic E-state index is 10.3. The molecule has 2 N–H and O–H groups in total. The second kappa shape index (κ2) is 4.60. The van der Waals surface area contributed by atoms with Crippen molar-refractivity contribution in [3.63, 3.8) is 0 Å². The molecule has 4 nitrogen and oxygen atoms in total. The van der Waals surface area contributed by atoms with Crippen molar-refractivity contribution in [3.05, 3.63) is 23.9 Å². The number of rotatable bonds is 3. The van der Waals surface area contributed by atoms with Gasteiger partial charge in [0.1, 0.15) is 5.82 Å². The average Bonchev–Trinajstić information content (AvgIpc) is 2.06. The van der Waals surface area contributed by atoms with Gasteiger partial charge in [0.15, 0.2) is 0 Å². The molecule has 0 saturated heterocycles. The number of hydrogen-bond donors (Lipinski definition) is 2. The third-order valence-electron chi connectivity index (χ3n) is 1.70. The minimum atomic E-state index is -1.09. The number of carbonyl (C=O) groups is 1. The number of nitrogens with zero attached hydrogens (tertiary/aromatic N) is 1. The molecule has 1 heterocycles. The normalized spacial score (nSPS) is 10.2. The summed E-state index contributed by atoms with van der Waals surface area (Å²) in [5.41, 5.74) is 1.12. The van der Waals surface area contributed by atoms with Crippen LogP contribution < -0.4 is 5.32 Å². The maximum atomic E-state index is 10.3. The number of carboxylic acid groups (broad SMARTS) is 1. The Bertz CT molecular complexity index is 306. The Balaban J connectivity index is 2.63. The van der Waals surface area contributed by atoms with Crippen LogP contribution in [-0.2, 0) is 6.42 Å². The standard InChI is InChI=1S/C10H14N2O2/c1-7(2)5-8-3-4-9(11-6-8)12-10(13)14/h3-4,6-7H,5H2,1-2H3,(H,11,12)(H,13,14). The summed E-state index contributed by atoms with van der Waals surface area (Å²) in [5, 5.41) is 10.6. The Labute approximate surface area is 83.0 Å². The number of anilines is 1. The predicted molar refractivity (Wildman–Crippen MR) is 54.4 cm³/mol. The molecular formula is C10H14N2O2. The van der Waals surface area contributed by atoms with Crippen LogP contribution in [0.15, 0.2) is 18.3 Å². The average molecular weight is 194 g/mol. The van der Waals surface area contributed by atoms with Crippen molar-refractivity contribution >= 4 is 11.9 Å². The van der Waals surface area contributed by atoms with Crippen molar-refractivity contribution in [3.8, 4) is 0 Å². The van der Waals surface area contributed by atoms with Gasteiger partial charge >= 0.3 is 6.09 Å². The van der Waals surface area contributed by atoms with Crippen molar-refractivity contribution < 1.29 is 9.90 Å². The van der Waals surface area contributed by atoms with Gasteiger partial charge in [-0.05, 0) is 24.0 Å². The van der Waals surface area contributed by atoms with E-state index in [4.69, 9.17) is 5.11 Å². The first-order valence-corrected chi connectivity index (χ1v) is 4.53. The van der Waals surface area contributed by atoms with Crippen molar-refractivity contribution in [1.29, 1.82) is 0 Å². The first-order chi connectivity index (χ1) is 6.58. The molecule has 0 bridgehead atoms. The number of pyridine rings is 1. The van der Waals surface area contributed by atoms with Gasteiger partial charge in [0, 0.05) is 6.20 Å². The lowest BCUT2D eigenvalue weighted by Crippen LogP contribution is -2.08. The molecule has 0 atom stereocenters. The van der Waals surface area contributed by atoms with E-state index in [0.29, 0.717) is 11.7 Å². The lowest BCUT2D eigenvalue weighted by molar-refractivity contribution is 0.209. The van der Waals surface area contributed by atoms with Gasteiger partial charge in [-0.25, -0.2) is 9.78 Å². The number of hydrogen-bond acceptors (Lipinski definition) is 2. The van der Waals surface area contributed by atoms with Crippen LogP contribution in [0.4, 0.5) is 10.6 Å². The Morgan fingerprint density at radius 1 is 1.57 bits per heavy atom. The molecule has 0 aliphatic carbocycles. The van der Waals surface area contributed by atoms with Crippen LogP contribution in [0.2, 0.25) is 0 Å². The van der Waals surface area contributed by atoms with E-state index in [1.807, 2.05) is 6.07 Å². The van der Waals surface area contributed by atoms with Gasteiger partial charge < -0.3 is 5.11 Å². The van der Waals surface area contributed by atoms with Crippen LogP contribution >= 0.6 is 0 Å². The number of amides is 1. The predicted octanol–water partition coefficient (Wildman–Crippen LogP) is 2.37. The highest BCUT2D eigenvalue weighted by molar-refractivity contribution is 5.81. The second-order valence-electron chi connectivity index (χ2n) is 3.58. The zero-order chi connectivity index (χ0) is 10.6. The largest absolute Gasteiger partial charge is 0.465 e. The topological polar surface area (TPSA) is 62.2 Å². The van der Waals surface area contributed by atoms with Gasteiger partial charge in [-0.3, -0.25) is 5.32 Å². The third-order valence-corrected chi connectivity index (χ3v) is 1.70. The van der Waals surface area contributed by atoms with Crippen LogP contribution in [0.3, 0.4) is 0 Å². The summed E-state index contributed by atoms with van der Waals surface area (Å²) in [5.74, 6) is 0.945. The van der Waals surface area contributed by atoms with Crippen LogP contribution in [0.25, 0.3) is 0 Å². The lowest BCUT2D eigenvalue weighted by Gasteiger charge is -2.05. The molecule has 76 valence electrons. The Morgan fingerprint density at radius 3 is 2.71 bits per heavy atom. The summed E-state index contributed by atoms with van der Waals surface area (Å²) in [6.45, 7) is 4.26. The highest BCUT2D eigenvalue weighted by Gasteiger charge is 2.00. The van der Waals surface area contributed by atoms with Gasteiger partial charge in [0.25, 0.3) is 0 Å². The van der Waals surface area contributed by atoms with E-state index in [-0.39, 0.29) is 0 Å². The van der Waals surface area contributed by atoms with Crippen LogP contribution in [0, 0.1) is 5.92 Å². The molecule has 14 heavy (non-hydrogen) atoms. The van der Waals surface area contributed by atoms with Gasteiger partial charge in [-0.2, -0.15) is 0 Å². The van der Waals surface area contributed by atoms with Crippen molar-refractivity contribution in [2.75, 3.05) is 5.32 Å². The molecule has 0 saturated carbocycles. The Kier molecular flexibility index (Phi) is 3.45. The molecule has 0 aromatic carbocycles. The molecule has 4 heteroatoms. The second-order valence-corrected chi connectivity index (χ2v) is 3.58. The molecule has 1 amide bonds. The van der Waals surface area contributed by atoms with Gasteiger partial charge in [-0.15, -0.1) is 0 Å². The molecule has 0 aliphatic heterocycles. The molecule has 1 aromatic heterocycles. The molecule has 0 aliphatic rings. The quantitative estimate of drug-likeness (QED) is 0.776. The van der Waals surface area contributed by atoms with E-state index in [0.717, 1.165) is 12.0 Å². The molecule has 0 unspecified atom stereocenters. The highest BCUT2D eigenvalue weighted by Crippen LogP contribution is 2.09. The summed E-state index contributed by atoms with van der Waals surface area (Å²) in [4.78, 5) is 14.3. The van der Waals surface area contributed by atoms with Crippen LogP contribution in [0.1, 0.15) is 19.4 Å². The number of nitrogens with one attached hydrogen (secondary N) is 1. The summed E-state index contributed by atoms with van der Waals surface area (Å²) >= 11 is 0. The minimum absolute atomic E-state index is 0.366. The van der Waals surface area contributed by atoms with Crippen molar-refractivity contribution in [2.24, 2.45) is 5.92 Å². The van der Waals surface area contributed by atoms with Crippen molar-refractivity contribution in [2.45, 2.75) is 20.3 Å². The smallest absolute Gasteiger partial charge is 0.410 e. The fourth-order valence-corrected chi connectivity index (χ4v) is 1.20. The SMILES string of the molecule is CC(C)Cc1ccc(NC(=O)O)nc1. The monoisotopic (exact) mass is 194 g/mol. The lowest BCUT2D eigenvalue weighted by atomic mass is 10.1. The van der Waals surface area contributed by atoms with E-state index in [1.54, 1.807) is 12.3 Å². The highest BCUT2D eigenvalue weighted by atomic mass is 16.4. The molecule has 1 rings (SSSR count). The van der Waals surface area contributed by atoms with Crippen LogP contribution in [0.5, 0.6) is 0 Å². The number of aromatic nitrogens is 1. The zero-order valence-electron chi connectivity index (χ0n) is 8.32. The van der Waals surface area contributed by atoms with E-state index in [1.165, 1.54) is 0 Å². The summed E-state index contributed by atoms with van der Waals surface area (Å²) in [7, 11) is 0. The molecule has 0 spiro atoms. The fraction of sp³-hybridized carbons (Fsp3) is 0.400. The molecule has 0 fully saturated rings. The molecular weight excluding hydrogens is 180 g/mol. The first-order valence-electron chi connectivity index (χ1n) is 4.53. The first kappa shape index (κ1) is 10.5. The third kappa shape index (κ3) is 3.43. The summed E-state index contributed by atoms with van der Waals surface area (Å²) < 4.78 is 0. The van der Waals surface area contributed by atoms with Gasteiger partial charge in [-0.1, -0.05) is 19.9 Å². The Morgan fingerprint density at radius 2 is 2.29 bits per heavy atom. The van der Waals surface area contributed by atoms with E-state index >= 15 is 0 Å². The minimum Gasteiger partial charge on any atom is -0.465 e. The Hall–Kier alpha value is -1.58. The van der Waals surface area contributed by atoms with Gasteiger partial charge in [0.05, 0.1) is 0 Å². The summed E-state index contributed by atoms with van der Waals surface area (Å²) in [6.07, 6.45) is 1.57. The van der Waals surface area contributed by atoms with Gasteiger partial charge in [0.2, 0.25) is 0 Å². The van der Waals surface area contributed by atoms with E-state index in [2.05, 4.69) is 24.1 Å². The van der Waals surface area contributed by atoms with E-state index < -0.39 is 6.09 Å². The zero-order valence-corrected chi connectivity index (χ0v) is 8.32. The summed E-state index contributed by atoms with van der Waals surface area (Å²) in [6, 6.07) is 3.56. The molecule has 0 radical (unpaired) electrons. The molecule has 1 aromatic rings. The van der Waals surface area contributed by atoms with E-state index in [9.17, 15) is 4.79 Å².